The molecule has 0 aromatic heterocycles. The summed E-state index contributed by atoms with van der Waals surface area (Å²) < 4.78 is 26.0. The highest BCUT2D eigenvalue weighted by molar-refractivity contribution is 6.31. The molecule has 2 rings (SSSR count). The second kappa shape index (κ2) is 3.67. The zero-order valence-electron chi connectivity index (χ0n) is 8.93. The Kier molecular flexibility index (Phi) is 2.71. The predicted octanol–water partition coefficient (Wildman–Crippen LogP) is 3.52. The first kappa shape index (κ1) is 11.8. The van der Waals surface area contributed by atoms with Crippen LogP contribution in [-0.2, 0) is 12.3 Å². The van der Waals surface area contributed by atoms with Crippen molar-refractivity contribution in [1.29, 1.82) is 0 Å². The average molecular weight is 247 g/mol. The van der Waals surface area contributed by atoms with Crippen molar-refractivity contribution in [2.75, 3.05) is 0 Å². The Bertz CT molecular complexity index is 408. The lowest BCUT2D eigenvalue weighted by Crippen LogP contribution is -2.12. The summed E-state index contributed by atoms with van der Waals surface area (Å²) in [6.07, 6.45) is 1.96. The van der Waals surface area contributed by atoms with Gasteiger partial charge in [0.1, 0.15) is 0 Å². The molecule has 0 unspecified atom stereocenters. The molecule has 1 saturated carbocycles. The number of halogens is 3. The van der Waals surface area contributed by atoms with E-state index in [1.165, 1.54) is 12.1 Å². The van der Waals surface area contributed by atoms with Crippen LogP contribution in [0.3, 0.4) is 0 Å². The maximum atomic E-state index is 13.0. The molecule has 0 amide bonds. The summed E-state index contributed by atoms with van der Waals surface area (Å²) in [4.78, 5) is 0. The molecule has 0 radical (unpaired) electrons. The molecule has 0 heterocycles. The maximum absolute atomic E-state index is 13.0. The molecule has 4 heteroatoms. The van der Waals surface area contributed by atoms with Gasteiger partial charge in [-0.2, -0.15) is 0 Å². The lowest BCUT2D eigenvalue weighted by molar-refractivity contribution is 0.0174. The highest BCUT2D eigenvalue weighted by Crippen LogP contribution is 2.40. The van der Waals surface area contributed by atoms with Crippen molar-refractivity contribution in [3.05, 3.63) is 34.3 Å². The summed E-state index contributed by atoms with van der Waals surface area (Å²) in [6.45, 7) is 0.840. The minimum atomic E-state index is -2.88. The van der Waals surface area contributed by atoms with Crippen molar-refractivity contribution >= 4 is 11.6 Å². The van der Waals surface area contributed by atoms with Crippen LogP contribution in [0.2, 0.25) is 5.02 Å². The van der Waals surface area contributed by atoms with Crippen LogP contribution in [0.1, 0.15) is 30.9 Å². The Balaban J connectivity index is 2.23. The van der Waals surface area contributed by atoms with Crippen molar-refractivity contribution in [2.24, 2.45) is 0 Å². The van der Waals surface area contributed by atoms with Gasteiger partial charge in [0.05, 0.1) is 5.60 Å². The third kappa shape index (κ3) is 2.53. The van der Waals surface area contributed by atoms with Gasteiger partial charge in [0.2, 0.25) is 0 Å². The normalized spacial score (nSPS) is 18.6. The van der Waals surface area contributed by atoms with Gasteiger partial charge in [0.25, 0.3) is 5.92 Å². The molecular weight excluding hydrogens is 234 g/mol. The van der Waals surface area contributed by atoms with Crippen LogP contribution in [0.5, 0.6) is 0 Å². The van der Waals surface area contributed by atoms with E-state index in [2.05, 4.69) is 0 Å². The first-order valence-corrected chi connectivity index (χ1v) is 5.57. The summed E-state index contributed by atoms with van der Waals surface area (Å²) in [5.74, 6) is -2.88. The second-order valence-electron chi connectivity index (χ2n) is 4.60. The first-order chi connectivity index (χ1) is 7.30. The number of benzene rings is 1. The summed E-state index contributed by atoms with van der Waals surface area (Å²) >= 11 is 5.92. The van der Waals surface area contributed by atoms with Crippen LogP contribution < -0.4 is 0 Å². The molecule has 1 aromatic carbocycles. The van der Waals surface area contributed by atoms with Crippen LogP contribution in [0, 0.1) is 0 Å². The van der Waals surface area contributed by atoms with Gasteiger partial charge in [-0.3, -0.25) is 0 Å². The lowest BCUT2D eigenvalue weighted by Gasteiger charge is -2.14. The van der Waals surface area contributed by atoms with Crippen molar-refractivity contribution < 1.29 is 13.9 Å². The Hall–Kier alpha value is -0.670. The Morgan fingerprint density at radius 1 is 1.44 bits per heavy atom. The highest BCUT2D eigenvalue weighted by atomic mass is 35.5. The van der Waals surface area contributed by atoms with E-state index in [1.807, 2.05) is 0 Å². The van der Waals surface area contributed by atoms with Crippen molar-refractivity contribution in [3.8, 4) is 0 Å². The molecule has 1 aliphatic rings. The quantitative estimate of drug-likeness (QED) is 0.865. The number of alkyl halides is 2. The molecule has 1 fully saturated rings. The van der Waals surface area contributed by atoms with Crippen LogP contribution in [0.25, 0.3) is 0 Å². The smallest absolute Gasteiger partial charge is 0.270 e. The topological polar surface area (TPSA) is 20.2 Å². The van der Waals surface area contributed by atoms with E-state index in [9.17, 15) is 13.9 Å². The molecule has 0 spiro atoms. The third-order valence-electron chi connectivity index (χ3n) is 2.91. The predicted molar refractivity (Wildman–Crippen MR) is 58.9 cm³/mol. The van der Waals surface area contributed by atoms with E-state index in [0.717, 1.165) is 25.3 Å². The van der Waals surface area contributed by atoms with E-state index in [-0.39, 0.29) is 5.56 Å². The average Bonchev–Trinajstić information content (AvgIpc) is 2.86. The van der Waals surface area contributed by atoms with E-state index in [4.69, 9.17) is 11.6 Å². The van der Waals surface area contributed by atoms with Crippen molar-refractivity contribution in [1.82, 2.24) is 0 Å². The van der Waals surface area contributed by atoms with Gasteiger partial charge in [0.15, 0.2) is 0 Å². The molecule has 1 aliphatic carbocycles. The zero-order chi connectivity index (χ0) is 12.0. The molecule has 0 aliphatic heterocycles. The van der Waals surface area contributed by atoms with Crippen LogP contribution in [0.4, 0.5) is 8.78 Å². The number of aliphatic hydroxyl groups is 1. The van der Waals surface area contributed by atoms with Gasteiger partial charge in [-0.1, -0.05) is 23.7 Å². The molecule has 88 valence electrons. The Morgan fingerprint density at radius 2 is 2.06 bits per heavy atom. The number of rotatable bonds is 3. The van der Waals surface area contributed by atoms with E-state index in [1.54, 1.807) is 6.07 Å². The standard InChI is InChI=1S/C12H13ClF2O/c1-11(14,15)9-3-2-8(10(13)6-9)7-12(16)4-5-12/h2-3,6,16H,4-5,7H2,1H3. The van der Waals surface area contributed by atoms with Crippen LogP contribution in [0.15, 0.2) is 18.2 Å². The molecule has 1 N–H and O–H groups in total. The van der Waals surface area contributed by atoms with Gasteiger partial charge in [0, 0.05) is 23.9 Å². The fourth-order valence-electron chi connectivity index (χ4n) is 1.64. The van der Waals surface area contributed by atoms with Gasteiger partial charge >= 0.3 is 0 Å². The highest BCUT2D eigenvalue weighted by Gasteiger charge is 2.40. The summed E-state index contributed by atoms with van der Waals surface area (Å²) in [5, 5.41) is 10.0. The van der Waals surface area contributed by atoms with E-state index in [0.29, 0.717) is 11.4 Å². The Morgan fingerprint density at radius 3 is 2.50 bits per heavy atom. The summed E-state index contributed by atoms with van der Waals surface area (Å²) in [6, 6.07) is 4.22. The minimum absolute atomic E-state index is 0.0935. The molecule has 1 aromatic rings. The summed E-state index contributed by atoms with van der Waals surface area (Å²) in [5.41, 5.74) is -0.0152. The van der Waals surface area contributed by atoms with Crippen molar-refractivity contribution in [2.45, 2.75) is 37.7 Å². The fourth-order valence-corrected chi connectivity index (χ4v) is 1.89. The first-order valence-electron chi connectivity index (χ1n) is 5.19. The van der Waals surface area contributed by atoms with Gasteiger partial charge in [-0.05, 0) is 24.5 Å². The molecule has 1 nitrogen and oxygen atoms in total. The second-order valence-corrected chi connectivity index (χ2v) is 5.00. The molecule has 0 atom stereocenters. The largest absolute Gasteiger partial charge is 0.390 e. The van der Waals surface area contributed by atoms with Gasteiger partial charge < -0.3 is 5.11 Å². The monoisotopic (exact) mass is 246 g/mol. The maximum Gasteiger partial charge on any atom is 0.270 e. The lowest BCUT2D eigenvalue weighted by atomic mass is 10.0. The van der Waals surface area contributed by atoms with E-state index >= 15 is 0 Å². The van der Waals surface area contributed by atoms with Gasteiger partial charge in [-0.15, -0.1) is 0 Å². The third-order valence-corrected chi connectivity index (χ3v) is 3.26. The van der Waals surface area contributed by atoms with Gasteiger partial charge in [-0.25, -0.2) is 8.78 Å². The molecule has 0 saturated heterocycles. The van der Waals surface area contributed by atoms with Crippen LogP contribution >= 0.6 is 11.6 Å². The molecule has 0 bridgehead atoms. The number of hydrogen-bond donors (Lipinski definition) is 1. The fraction of sp³-hybridized carbons (Fsp3) is 0.500. The minimum Gasteiger partial charge on any atom is -0.390 e. The SMILES string of the molecule is CC(F)(F)c1ccc(CC2(O)CC2)c(Cl)c1. The Labute approximate surface area is 98.0 Å². The number of hydrogen-bond acceptors (Lipinski definition) is 1. The zero-order valence-corrected chi connectivity index (χ0v) is 9.69. The molecule has 16 heavy (non-hydrogen) atoms. The van der Waals surface area contributed by atoms with Crippen LogP contribution in [-0.4, -0.2) is 10.7 Å². The van der Waals surface area contributed by atoms with Crippen molar-refractivity contribution in [3.63, 3.8) is 0 Å². The molecular formula is C12H13ClF2O. The summed E-state index contributed by atoms with van der Waals surface area (Å²) in [7, 11) is 0. The van der Waals surface area contributed by atoms with E-state index < -0.39 is 11.5 Å².